The lowest BCUT2D eigenvalue weighted by Crippen LogP contribution is -2.71. The largest absolute Gasteiger partial charge is 0.452 e. The third kappa shape index (κ3) is 7.69. The first-order valence-corrected chi connectivity index (χ1v) is 17.6. The minimum Gasteiger partial charge on any atom is -0.452 e. The second-order valence-corrected chi connectivity index (χ2v) is 13.2. The summed E-state index contributed by atoms with van der Waals surface area (Å²) in [5.41, 5.74) is 3.75. The van der Waals surface area contributed by atoms with Gasteiger partial charge in [-0.3, -0.25) is 0 Å². The van der Waals surface area contributed by atoms with Crippen molar-refractivity contribution in [2.45, 2.75) is 87.5 Å². The Morgan fingerprint density at radius 3 is 1.65 bits per heavy atom. The van der Waals surface area contributed by atoms with Crippen molar-refractivity contribution in [1.29, 1.82) is 0 Å². The van der Waals surface area contributed by atoms with Crippen molar-refractivity contribution in [3.8, 4) is 0 Å². The molecule has 5 heterocycles. The lowest BCUT2D eigenvalue weighted by atomic mass is 9.93. The molecule has 11 nitrogen and oxygen atoms in total. The van der Waals surface area contributed by atoms with Crippen molar-refractivity contribution in [1.82, 2.24) is 0 Å². The molecule has 5 aliphatic heterocycles. The van der Waals surface area contributed by atoms with Crippen LogP contribution in [0.25, 0.3) is 0 Å². The number of ether oxygens (including phenoxy) is 10. The fraction of sp³-hybridized carbons (Fsp3) is 0.390. The maximum Gasteiger partial charge on any atom is 0.338 e. The van der Waals surface area contributed by atoms with E-state index < -0.39 is 73.7 Å². The molecule has 11 heteroatoms. The molecule has 0 N–H and O–H groups in total. The Bertz CT molecular complexity index is 1710. The van der Waals surface area contributed by atoms with Gasteiger partial charge in [-0.05, 0) is 16.7 Å². The standard InChI is InChI=1S/C41H42O11/c1-43-40-36(32(44-22-26-14-6-2-7-15-26)31-30(48-40)25-47-39(50-31)29-20-12-5-13-21-29)52-41-37-34(46-24-28-18-10-4-11-19-28)33(35(51-41)38(42)49-37)45-23-27-16-8-3-9-17-27/h2-21,30-37,39-41H,22-25H2,1H3/t30-,31-,32+,33+,34+,35+,36+,37+,39?,40+,41+/m1/s1. The van der Waals surface area contributed by atoms with Crippen LogP contribution in [-0.4, -0.2) is 81.1 Å². The Morgan fingerprint density at radius 1 is 0.577 bits per heavy atom. The summed E-state index contributed by atoms with van der Waals surface area (Å²) in [6.07, 6.45) is -8.83. The van der Waals surface area contributed by atoms with Crippen LogP contribution in [-0.2, 0) is 72.0 Å². The minimum atomic E-state index is -1.11. The second-order valence-electron chi connectivity index (χ2n) is 13.2. The molecule has 11 atom stereocenters. The van der Waals surface area contributed by atoms with Crippen LogP contribution < -0.4 is 0 Å². The molecular formula is C41H42O11. The monoisotopic (exact) mass is 710 g/mol. The number of rotatable bonds is 13. The van der Waals surface area contributed by atoms with Crippen molar-refractivity contribution in [3.05, 3.63) is 144 Å². The Balaban J connectivity index is 1.07. The normalized spacial score (nSPS) is 32.6. The van der Waals surface area contributed by atoms with Crippen molar-refractivity contribution in [2.75, 3.05) is 13.7 Å². The van der Waals surface area contributed by atoms with Crippen LogP contribution in [0, 0.1) is 0 Å². The van der Waals surface area contributed by atoms with E-state index >= 15 is 0 Å². The number of methoxy groups -OCH3 is 1. The Hall–Kier alpha value is -4.01. The maximum absolute atomic E-state index is 13.3. The second kappa shape index (κ2) is 16.3. The summed E-state index contributed by atoms with van der Waals surface area (Å²) in [5, 5.41) is 0. The van der Waals surface area contributed by atoms with E-state index in [0.29, 0.717) is 0 Å². The van der Waals surface area contributed by atoms with E-state index in [1.165, 1.54) is 0 Å². The van der Waals surface area contributed by atoms with Crippen molar-refractivity contribution in [2.24, 2.45) is 0 Å². The summed E-state index contributed by atoms with van der Waals surface area (Å²) in [6, 6.07) is 39.1. The van der Waals surface area contributed by atoms with Crippen LogP contribution >= 0.6 is 0 Å². The van der Waals surface area contributed by atoms with E-state index in [1.54, 1.807) is 7.11 Å². The number of carbonyl (C=O) groups is 1. The highest BCUT2D eigenvalue weighted by atomic mass is 16.8. The summed E-state index contributed by atoms with van der Waals surface area (Å²) >= 11 is 0. The first-order chi connectivity index (χ1) is 25.6. The Kier molecular flexibility index (Phi) is 11.0. The van der Waals surface area contributed by atoms with E-state index in [9.17, 15) is 4.79 Å². The van der Waals surface area contributed by atoms with E-state index in [1.807, 2.05) is 121 Å². The van der Waals surface area contributed by atoms with Gasteiger partial charge in [0.15, 0.2) is 31.1 Å². The average molecular weight is 711 g/mol. The van der Waals surface area contributed by atoms with Gasteiger partial charge in [-0.2, -0.15) is 0 Å². The lowest BCUT2D eigenvalue weighted by molar-refractivity contribution is -0.403. The summed E-state index contributed by atoms with van der Waals surface area (Å²) in [6.45, 7) is 1.04. The summed E-state index contributed by atoms with van der Waals surface area (Å²) in [5.74, 6) is -0.541. The molecular weight excluding hydrogens is 668 g/mol. The van der Waals surface area contributed by atoms with E-state index in [-0.39, 0.29) is 26.4 Å². The molecule has 272 valence electrons. The van der Waals surface area contributed by atoms with Gasteiger partial charge in [0.1, 0.15) is 36.6 Å². The van der Waals surface area contributed by atoms with Crippen LogP contribution in [0.4, 0.5) is 0 Å². The molecule has 4 aromatic carbocycles. The van der Waals surface area contributed by atoms with Gasteiger partial charge in [0.05, 0.1) is 26.4 Å². The molecule has 0 radical (unpaired) electrons. The summed E-state index contributed by atoms with van der Waals surface area (Å²) in [7, 11) is 1.54. The van der Waals surface area contributed by atoms with Crippen LogP contribution in [0.15, 0.2) is 121 Å². The summed E-state index contributed by atoms with van der Waals surface area (Å²) in [4.78, 5) is 13.3. The van der Waals surface area contributed by atoms with Crippen LogP contribution in [0.3, 0.4) is 0 Å². The third-order valence-electron chi connectivity index (χ3n) is 9.71. The highest BCUT2D eigenvalue weighted by molar-refractivity contribution is 5.77. The number of fused-ring (bicyclic) bond motifs is 4. The number of hydrogen-bond donors (Lipinski definition) is 0. The molecule has 52 heavy (non-hydrogen) atoms. The fourth-order valence-corrected chi connectivity index (χ4v) is 7.11. The van der Waals surface area contributed by atoms with Gasteiger partial charge in [-0.25, -0.2) is 4.79 Å². The lowest BCUT2D eigenvalue weighted by Gasteiger charge is -2.52. The molecule has 0 aliphatic carbocycles. The van der Waals surface area contributed by atoms with Crippen molar-refractivity contribution in [3.63, 3.8) is 0 Å². The first-order valence-electron chi connectivity index (χ1n) is 17.6. The molecule has 0 amide bonds. The van der Waals surface area contributed by atoms with Crippen LogP contribution in [0.2, 0.25) is 0 Å². The zero-order valence-corrected chi connectivity index (χ0v) is 28.7. The smallest absolute Gasteiger partial charge is 0.338 e. The van der Waals surface area contributed by atoms with E-state index in [2.05, 4.69) is 0 Å². The minimum absolute atomic E-state index is 0.250. The molecule has 4 aromatic rings. The first kappa shape index (κ1) is 35.0. The van der Waals surface area contributed by atoms with Gasteiger partial charge < -0.3 is 47.4 Å². The maximum atomic E-state index is 13.3. The van der Waals surface area contributed by atoms with Gasteiger partial charge in [-0.15, -0.1) is 0 Å². The van der Waals surface area contributed by atoms with Gasteiger partial charge in [0.25, 0.3) is 0 Å². The third-order valence-corrected chi connectivity index (χ3v) is 9.71. The number of carbonyl (C=O) groups excluding carboxylic acids is 1. The molecule has 0 saturated carbocycles. The SMILES string of the molecule is CO[C@H]1O[C@@H]2COC(c3ccccc3)O[C@H]2[C@H](OCc2ccccc2)[C@@H]1O[C@@H]1O[C@@H]2C(=O)O[C@H]1[C@@H](OCc1ccccc1)[C@@H]2OCc1ccccc1. The van der Waals surface area contributed by atoms with Gasteiger partial charge in [0, 0.05) is 12.7 Å². The van der Waals surface area contributed by atoms with Crippen molar-refractivity contribution < 1.29 is 52.2 Å². The highest BCUT2D eigenvalue weighted by Crippen LogP contribution is 2.41. The molecule has 5 fully saturated rings. The molecule has 5 aliphatic rings. The summed E-state index contributed by atoms with van der Waals surface area (Å²) < 4.78 is 63.6. The number of benzene rings is 4. The zero-order valence-electron chi connectivity index (χ0n) is 28.7. The molecule has 9 rings (SSSR count). The van der Waals surface area contributed by atoms with Crippen molar-refractivity contribution >= 4 is 5.97 Å². The van der Waals surface area contributed by atoms with Gasteiger partial charge in [0.2, 0.25) is 0 Å². The van der Waals surface area contributed by atoms with Gasteiger partial charge in [-0.1, -0.05) is 121 Å². The number of esters is 1. The predicted octanol–water partition coefficient (Wildman–Crippen LogP) is 5.26. The van der Waals surface area contributed by atoms with Crippen LogP contribution in [0.1, 0.15) is 28.5 Å². The zero-order chi connectivity index (χ0) is 35.3. The molecule has 0 aromatic heterocycles. The molecule has 2 bridgehead atoms. The quantitative estimate of drug-likeness (QED) is 0.170. The molecule has 5 saturated heterocycles. The molecule has 0 spiro atoms. The predicted molar refractivity (Wildman–Crippen MR) is 184 cm³/mol. The highest BCUT2D eigenvalue weighted by Gasteiger charge is 2.61. The van der Waals surface area contributed by atoms with E-state index in [4.69, 9.17) is 47.4 Å². The van der Waals surface area contributed by atoms with Crippen LogP contribution in [0.5, 0.6) is 0 Å². The Morgan fingerprint density at radius 2 is 1.10 bits per heavy atom. The van der Waals surface area contributed by atoms with E-state index in [0.717, 1.165) is 22.3 Å². The Labute approximate surface area is 302 Å². The van der Waals surface area contributed by atoms with Gasteiger partial charge >= 0.3 is 5.97 Å². The average Bonchev–Trinajstić information content (AvgIpc) is 3.20. The number of hydrogen-bond acceptors (Lipinski definition) is 11. The topological polar surface area (TPSA) is 109 Å². The fourth-order valence-electron chi connectivity index (χ4n) is 7.11. The molecule has 1 unspecified atom stereocenters.